The zero-order valence-corrected chi connectivity index (χ0v) is 11.2. The summed E-state index contributed by atoms with van der Waals surface area (Å²) in [5, 5.41) is 12.0. The number of hydrogen-bond donors (Lipinski definition) is 2. The molecule has 0 aliphatic heterocycles. The van der Waals surface area contributed by atoms with Gasteiger partial charge in [0.2, 0.25) is 0 Å². The number of ether oxygens (including phenoxy) is 1. The number of nitrogens with zero attached hydrogens (tertiary/aromatic N) is 1. The van der Waals surface area contributed by atoms with E-state index in [1.54, 1.807) is 6.20 Å². The summed E-state index contributed by atoms with van der Waals surface area (Å²) in [5.41, 5.74) is 0. The van der Waals surface area contributed by atoms with Crippen molar-refractivity contribution in [1.82, 2.24) is 4.98 Å². The van der Waals surface area contributed by atoms with Crippen molar-refractivity contribution in [3.8, 4) is 5.75 Å². The number of aliphatic hydroxyl groups is 1. The summed E-state index contributed by atoms with van der Waals surface area (Å²) in [6.07, 6.45) is 6.96. The largest absolute Gasteiger partial charge is 0.490 e. The highest BCUT2D eigenvalue weighted by molar-refractivity contribution is 5.49. The van der Waals surface area contributed by atoms with E-state index >= 15 is 0 Å². The van der Waals surface area contributed by atoms with E-state index < -0.39 is 0 Å². The maximum absolute atomic E-state index is 8.68. The fourth-order valence-corrected chi connectivity index (χ4v) is 1.65. The van der Waals surface area contributed by atoms with Crippen molar-refractivity contribution in [1.29, 1.82) is 0 Å². The molecule has 102 valence electrons. The van der Waals surface area contributed by atoms with Gasteiger partial charge in [0.25, 0.3) is 0 Å². The van der Waals surface area contributed by atoms with Crippen molar-refractivity contribution >= 4 is 5.82 Å². The minimum atomic E-state index is 0.294. The van der Waals surface area contributed by atoms with Crippen LogP contribution in [-0.4, -0.2) is 29.8 Å². The van der Waals surface area contributed by atoms with E-state index in [1.165, 1.54) is 0 Å². The van der Waals surface area contributed by atoms with Crippen LogP contribution in [0.5, 0.6) is 5.75 Å². The Labute approximate surface area is 109 Å². The molecule has 0 amide bonds. The molecule has 1 aromatic heterocycles. The lowest BCUT2D eigenvalue weighted by atomic mass is 10.2. The molecular formula is C14H24N2O2. The third kappa shape index (κ3) is 5.87. The Balaban J connectivity index is 2.27. The lowest BCUT2D eigenvalue weighted by Crippen LogP contribution is -2.06. The van der Waals surface area contributed by atoms with Gasteiger partial charge in [0.05, 0.1) is 6.61 Å². The summed E-state index contributed by atoms with van der Waals surface area (Å²) >= 11 is 0. The third-order valence-electron chi connectivity index (χ3n) is 2.61. The molecule has 0 aromatic carbocycles. The lowest BCUT2D eigenvalue weighted by molar-refractivity contribution is 0.283. The summed E-state index contributed by atoms with van der Waals surface area (Å²) in [7, 11) is 0. The van der Waals surface area contributed by atoms with Crippen LogP contribution < -0.4 is 10.1 Å². The molecule has 0 saturated heterocycles. The molecule has 2 N–H and O–H groups in total. The first-order valence-electron chi connectivity index (χ1n) is 6.81. The Kier molecular flexibility index (Phi) is 7.97. The molecule has 0 bridgehead atoms. The maximum atomic E-state index is 8.68. The second-order valence-electron chi connectivity index (χ2n) is 4.26. The van der Waals surface area contributed by atoms with Gasteiger partial charge in [0, 0.05) is 19.3 Å². The first kappa shape index (κ1) is 14.8. The zero-order valence-electron chi connectivity index (χ0n) is 11.2. The highest BCUT2D eigenvalue weighted by atomic mass is 16.5. The fraction of sp³-hybridized carbons (Fsp3) is 0.643. The molecule has 1 heterocycles. The van der Waals surface area contributed by atoms with Crippen LogP contribution in [0.1, 0.15) is 39.0 Å². The van der Waals surface area contributed by atoms with Crippen molar-refractivity contribution in [2.75, 3.05) is 25.1 Å². The smallest absolute Gasteiger partial charge is 0.168 e. The Bertz CT molecular complexity index is 318. The van der Waals surface area contributed by atoms with Gasteiger partial charge in [-0.25, -0.2) is 4.98 Å². The van der Waals surface area contributed by atoms with Gasteiger partial charge in [0.15, 0.2) is 11.6 Å². The standard InChI is InChI=1S/C14H24N2O2/c1-2-12-18-13-8-7-10-16-14(13)15-9-5-3-4-6-11-17/h7-8,10,17H,2-6,9,11-12H2,1H3,(H,15,16). The lowest BCUT2D eigenvalue weighted by Gasteiger charge is -2.11. The summed E-state index contributed by atoms with van der Waals surface area (Å²) < 4.78 is 5.62. The van der Waals surface area contributed by atoms with Gasteiger partial charge in [-0.2, -0.15) is 0 Å². The van der Waals surface area contributed by atoms with Crippen molar-refractivity contribution in [2.24, 2.45) is 0 Å². The second-order valence-corrected chi connectivity index (χ2v) is 4.26. The van der Waals surface area contributed by atoms with Crippen LogP contribution in [0.15, 0.2) is 18.3 Å². The first-order chi connectivity index (χ1) is 8.88. The van der Waals surface area contributed by atoms with E-state index in [9.17, 15) is 0 Å². The van der Waals surface area contributed by atoms with Crippen molar-refractivity contribution in [2.45, 2.75) is 39.0 Å². The van der Waals surface area contributed by atoms with E-state index in [1.807, 2.05) is 12.1 Å². The predicted molar refractivity (Wildman–Crippen MR) is 74.1 cm³/mol. The highest BCUT2D eigenvalue weighted by Crippen LogP contribution is 2.20. The van der Waals surface area contributed by atoms with Gasteiger partial charge < -0.3 is 15.2 Å². The fourth-order valence-electron chi connectivity index (χ4n) is 1.65. The van der Waals surface area contributed by atoms with Gasteiger partial charge in [-0.15, -0.1) is 0 Å². The Morgan fingerprint density at radius 3 is 2.89 bits per heavy atom. The number of nitrogens with one attached hydrogen (secondary N) is 1. The molecule has 0 aliphatic carbocycles. The van der Waals surface area contributed by atoms with Crippen LogP contribution in [0, 0.1) is 0 Å². The molecule has 0 aliphatic rings. The predicted octanol–water partition coefficient (Wildman–Crippen LogP) is 2.84. The summed E-state index contributed by atoms with van der Waals surface area (Å²) in [6, 6.07) is 3.83. The number of pyridine rings is 1. The second kappa shape index (κ2) is 9.71. The summed E-state index contributed by atoms with van der Waals surface area (Å²) in [6.45, 7) is 4.00. The quantitative estimate of drug-likeness (QED) is 0.629. The molecule has 0 atom stereocenters. The minimum Gasteiger partial charge on any atom is -0.490 e. The van der Waals surface area contributed by atoms with Gasteiger partial charge in [-0.05, 0) is 31.4 Å². The highest BCUT2D eigenvalue weighted by Gasteiger charge is 2.02. The van der Waals surface area contributed by atoms with Crippen LogP contribution in [-0.2, 0) is 0 Å². The topological polar surface area (TPSA) is 54.4 Å². The zero-order chi connectivity index (χ0) is 13.1. The molecule has 0 unspecified atom stereocenters. The van der Waals surface area contributed by atoms with Crippen LogP contribution in [0.3, 0.4) is 0 Å². The number of unbranched alkanes of at least 4 members (excludes halogenated alkanes) is 3. The molecule has 0 saturated carbocycles. The minimum absolute atomic E-state index is 0.294. The molecule has 1 rings (SSSR count). The average Bonchev–Trinajstić information content (AvgIpc) is 2.41. The van der Waals surface area contributed by atoms with Gasteiger partial charge >= 0.3 is 0 Å². The van der Waals surface area contributed by atoms with Crippen LogP contribution in [0.25, 0.3) is 0 Å². The normalized spacial score (nSPS) is 10.3. The van der Waals surface area contributed by atoms with E-state index in [4.69, 9.17) is 9.84 Å². The third-order valence-corrected chi connectivity index (χ3v) is 2.61. The van der Waals surface area contributed by atoms with E-state index in [0.29, 0.717) is 6.61 Å². The number of rotatable bonds is 10. The summed E-state index contributed by atoms with van der Waals surface area (Å²) in [5.74, 6) is 1.66. The Morgan fingerprint density at radius 2 is 2.11 bits per heavy atom. The molecule has 18 heavy (non-hydrogen) atoms. The van der Waals surface area contributed by atoms with Gasteiger partial charge in [-0.1, -0.05) is 19.8 Å². The Hall–Kier alpha value is -1.29. The molecule has 4 heteroatoms. The summed E-state index contributed by atoms with van der Waals surface area (Å²) in [4.78, 5) is 4.29. The number of aromatic nitrogens is 1. The van der Waals surface area contributed by atoms with Gasteiger partial charge in [0.1, 0.15) is 0 Å². The van der Waals surface area contributed by atoms with Crippen LogP contribution in [0.2, 0.25) is 0 Å². The van der Waals surface area contributed by atoms with Crippen LogP contribution >= 0.6 is 0 Å². The van der Waals surface area contributed by atoms with E-state index in [0.717, 1.165) is 56.8 Å². The monoisotopic (exact) mass is 252 g/mol. The molecule has 4 nitrogen and oxygen atoms in total. The molecule has 0 radical (unpaired) electrons. The van der Waals surface area contributed by atoms with Crippen molar-refractivity contribution in [3.63, 3.8) is 0 Å². The number of anilines is 1. The van der Waals surface area contributed by atoms with Crippen LogP contribution in [0.4, 0.5) is 5.82 Å². The molecule has 1 aromatic rings. The van der Waals surface area contributed by atoms with E-state index in [2.05, 4.69) is 17.2 Å². The van der Waals surface area contributed by atoms with E-state index in [-0.39, 0.29) is 0 Å². The first-order valence-corrected chi connectivity index (χ1v) is 6.81. The SMILES string of the molecule is CCCOc1cccnc1NCCCCCCO. The molecule has 0 fully saturated rings. The van der Waals surface area contributed by atoms with Gasteiger partial charge in [-0.3, -0.25) is 0 Å². The van der Waals surface area contributed by atoms with Crippen molar-refractivity contribution in [3.05, 3.63) is 18.3 Å². The maximum Gasteiger partial charge on any atom is 0.168 e. The van der Waals surface area contributed by atoms with Crippen molar-refractivity contribution < 1.29 is 9.84 Å². The Morgan fingerprint density at radius 1 is 1.28 bits per heavy atom. The molecule has 0 spiro atoms. The number of aliphatic hydroxyl groups excluding tert-OH is 1. The number of hydrogen-bond acceptors (Lipinski definition) is 4. The molecular weight excluding hydrogens is 228 g/mol. The average molecular weight is 252 g/mol.